The van der Waals surface area contributed by atoms with Crippen molar-refractivity contribution >= 4 is 0 Å². The molecule has 0 bridgehead atoms. The highest BCUT2D eigenvalue weighted by molar-refractivity contribution is 4.36. The van der Waals surface area contributed by atoms with E-state index >= 15 is 0 Å². The number of hydrogen-bond donors (Lipinski definition) is 2. The molecule has 0 aliphatic rings. The lowest BCUT2D eigenvalue weighted by Gasteiger charge is -2.06. The van der Waals surface area contributed by atoms with Crippen LogP contribution >= 0.6 is 0 Å². The monoisotopic (exact) mass is 160 g/mol. The first kappa shape index (κ1) is 10.9. The van der Waals surface area contributed by atoms with Crippen LogP contribution in [0, 0.1) is 0 Å². The number of nitrogens with two attached hydrogens (primary N) is 2. The van der Waals surface area contributed by atoms with Crippen LogP contribution < -0.4 is 10.6 Å². The molecular formula is C9H24N2+2. The fraction of sp³-hybridized carbons (Fsp3) is 1.00. The van der Waals surface area contributed by atoms with Crippen molar-refractivity contribution in [3.05, 3.63) is 0 Å². The van der Waals surface area contributed by atoms with Gasteiger partial charge in [-0.3, -0.25) is 0 Å². The highest BCUT2D eigenvalue weighted by Gasteiger charge is 1.99. The predicted octanol–water partition coefficient (Wildman–Crippen LogP) is -0.678. The lowest BCUT2D eigenvalue weighted by atomic mass is 10.2. The van der Waals surface area contributed by atoms with E-state index in [1.807, 2.05) is 0 Å². The van der Waals surface area contributed by atoms with Crippen molar-refractivity contribution in [2.24, 2.45) is 0 Å². The molecule has 68 valence electrons. The molecule has 2 nitrogen and oxygen atoms in total. The standard InChI is InChI=1S/C9H22N2/c1-4-6-10-7-8-11-9(3)5-2/h9-11H,4-8H2,1-3H3/p+2/t9-/m0/s1. The van der Waals surface area contributed by atoms with Crippen molar-refractivity contribution < 1.29 is 10.6 Å². The van der Waals surface area contributed by atoms with E-state index in [0.717, 1.165) is 6.04 Å². The summed E-state index contributed by atoms with van der Waals surface area (Å²) in [5.41, 5.74) is 0. The molecule has 0 aromatic rings. The number of quaternary nitrogens is 2. The molecule has 0 spiro atoms. The second kappa shape index (κ2) is 8.02. The third-order valence-electron chi connectivity index (χ3n) is 2.08. The first-order valence-electron chi connectivity index (χ1n) is 4.96. The summed E-state index contributed by atoms with van der Waals surface area (Å²) in [4.78, 5) is 0. The van der Waals surface area contributed by atoms with Crippen molar-refractivity contribution in [2.45, 2.75) is 39.7 Å². The smallest absolute Gasteiger partial charge is 0.125 e. The zero-order valence-electron chi connectivity index (χ0n) is 8.27. The molecule has 0 fully saturated rings. The predicted molar refractivity (Wildman–Crippen MR) is 48.5 cm³/mol. The maximum Gasteiger partial charge on any atom is 0.125 e. The van der Waals surface area contributed by atoms with Gasteiger partial charge in [-0.25, -0.2) is 0 Å². The van der Waals surface area contributed by atoms with Crippen LogP contribution in [0.3, 0.4) is 0 Å². The highest BCUT2D eigenvalue weighted by atomic mass is 15.0. The topological polar surface area (TPSA) is 33.2 Å². The Bertz CT molecular complexity index is 74.0. The van der Waals surface area contributed by atoms with E-state index in [0.29, 0.717) is 0 Å². The molecule has 0 amide bonds. The van der Waals surface area contributed by atoms with E-state index in [1.165, 1.54) is 32.5 Å². The van der Waals surface area contributed by atoms with Crippen LogP contribution in [0.4, 0.5) is 0 Å². The molecule has 0 unspecified atom stereocenters. The van der Waals surface area contributed by atoms with Gasteiger partial charge in [0.2, 0.25) is 0 Å². The van der Waals surface area contributed by atoms with Gasteiger partial charge in [0.15, 0.2) is 0 Å². The summed E-state index contributed by atoms with van der Waals surface area (Å²) in [6.45, 7) is 10.6. The van der Waals surface area contributed by atoms with E-state index in [-0.39, 0.29) is 0 Å². The summed E-state index contributed by atoms with van der Waals surface area (Å²) >= 11 is 0. The van der Waals surface area contributed by atoms with E-state index in [2.05, 4.69) is 31.4 Å². The van der Waals surface area contributed by atoms with Gasteiger partial charge in [-0.05, 0) is 19.8 Å². The molecule has 0 heterocycles. The Morgan fingerprint density at radius 3 is 2.36 bits per heavy atom. The third-order valence-corrected chi connectivity index (χ3v) is 2.08. The van der Waals surface area contributed by atoms with Crippen molar-refractivity contribution in [2.75, 3.05) is 19.6 Å². The third kappa shape index (κ3) is 7.82. The van der Waals surface area contributed by atoms with Crippen LogP contribution in [0.15, 0.2) is 0 Å². The van der Waals surface area contributed by atoms with Crippen molar-refractivity contribution in [3.8, 4) is 0 Å². The lowest BCUT2D eigenvalue weighted by Crippen LogP contribution is -2.97. The van der Waals surface area contributed by atoms with E-state index < -0.39 is 0 Å². The fourth-order valence-electron chi connectivity index (χ4n) is 1.01. The average Bonchev–Trinajstić information content (AvgIpc) is 2.04. The van der Waals surface area contributed by atoms with Gasteiger partial charge in [-0.15, -0.1) is 0 Å². The average molecular weight is 160 g/mol. The Kier molecular flexibility index (Phi) is 7.96. The molecule has 0 aliphatic heterocycles. The Morgan fingerprint density at radius 2 is 1.82 bits per heavy atom. The van der Waals surface area contributed by atoms with Crippen molar-refractivity contribution in [1.82, 2.24) is 0 Å². The van der Waals surface area contributed by atoms with Crippen LogP contribution in [0.1, 0.15) is 33.6 Å². The van der Waals surface area contributed by atoms with Crippen LogP contribution in [0.2, 0.25) is 0 Å². The molecular weight excluding hydrogens is 136 g/mol. The quantitative estimate of drug-likeness (QED) is 0.463. The van der Waals surface area contributed by atoms with Gasteiger partial charge in [0, 0.05) is 0 Å². The van der Waals surface area contributed by atoms with E-state index in [1.54, 1.807) is 0 Å². The summed E-state index contributed by atoms with van der Waals surface area (Å²) in [6.07, 6.45) is 2.58. The molecule has 11 heavy (non-hydrogen) atoms. The van der Waals surface area contributed by atoms with Gasteiger partial charge in [0.1, 0.15) is 13.1 Å². The highest BCUT2D eigenvalue weighted by Crippen LogP contribution is 1.76. The van der Waals surface area contributed by atoms with Crippen LogP contribution in [0.5, 0.6) is 0 Å². The molecule has 4 N–H and O–H groups in total. The minimum atomic E-state index is 0.810. The van der Waals surface area contributed by atoms with Gasteiger partial charge in [0.05, 0.1) is 12.6 Å². The number of rotatable bonds is 7. The van der Waals surface area contributed by atoms with Crippen molar-refractivity contribution in [1.29, 1.82) is 0 Å². The zero-order valence-corrected chi connectivity index (χ0v) is 8.27. The fourth-order valence-corrected chi connectivity index (χ4v) is 1.01. The van der Waals surface area contributed by atoms with Gasteiger partial charge in [-0.2, -0.15) is 0 Å². The zero-order chi connectivity index (χ0) is 8.53. The van der Waals surface area contributed by atoms with Gasteiger partial charge >= 0.3 is 0 Å². The van der Waals surface area contributed by atoms with Crippen LogP contribution in [-0.4, -0.2) is 25.7 Å². The molecule has 0 aromatic heterocycles. The van der Waals surface area contributed by atoms with Gasteiger partial charge in [-0.1, -0.05) is 13.8 Å². The first-order chi connectivity index (χ1) is 5.31. The molecule has 2 heteroatoms. The molecule has 0 saturated heterocycles. The van der Waals surface area contributed by atoms with Crippen LogP contribution in [0.25, 0.3) is 0 Å². The first-order valence-corrected chi connectivity index (χ1v) is 4.96. The van der Waals surface area contributed by atoms with Crippen molar-refractivity contribution in [3.63, 3.8) is 0 Å². The Labute approximate surface area is 70.8 Å². The normalized spacial score (nSPS) is 13.4. The maximum atomic E-state index is 2.44. The van der Waals surface area contributed by atoms with Gasteiger partial charge in [0.25, 0.3) is 0 Å². The second-order valence-corrected chi connectivity index (χ2v) is 3.28. The summed E-state index contributed by atoms with van der Waals surface area (Å²) < 4.78 is 0. The van der Waals surface area contributed by atoms with Crippen LogP contribution in [-0.2, 0) is 0 Å². The second-order valence-electron chi connectivity index (χ2n) is 3.28. The molecule has 0 saturated carbocycles. The summed E-state index contributed by atoms with van der Waals surface area (Å²) in [5.74, 6) is 0. The maximum absolute atomic E-state index is 2.44. The Balaban J connectivity index is 2.89. The Morgan fingerprint density at radius 1 is 1.09 bits per heavy atom. The minimum absolute atomic E-state index is 0.810. The van der Waals surface area contributed by atoms with E-state index in [9.17, 15) is 0 Å². The molecule has 0 aliphatic carbocycles. The molecule has 1 atom stereocenters. The number of hydrogen-bond acceptors (Lipinski definition) is 0. The minimum Gasteiger partial charge on any atom is -0.342 e. The molecule has 0 rings (SSSR count). The Hall–Kier alpha value is -0.0800. The summed E-state index contributed by atoms with van der Waals surface area (Å²) in [7, 11) is 0. The summed E-state index contributed by atoms with van der Waals surface area (Å²) in [6, 6.07) is 0.810. The van der Waals surface area contributed by atoms with Gasteiger partial charge < -0.3 is 10.6 Å². The molecule has 0 radical (unpaired) electrons. The van der Waals surface area contributed by atoms with E-state index in [4.69, 9.17) is 0 Å². The molecule has 0 aromatic carbocycles. The SMILES string of the molecule is CCC[NH2+]CC[NH2+][C@@H](C)CC. The summed E-state index contributed by atoms with van der Waals surface area (Å²) in [5, 5.41) is 4.84. The lowest BCUT2D eigenvalue weighted by molar-refractivity contribution is -0.739. The largest absolute Gasteiger partial charge is 0.342 e.